The molecule has 1 aliphatic carbocycles. The Balaban J connectivity index is 0.000000181. The average Bonchev–Trinajstić information content (AvgIpc) is 2.95. The fourth-order valence-corrected chi connectivity index (χ4v) is 5.35. The quantitative estimate of drug-likeness (QED) is 0.470. The summed E-state index contributed by atoms with van der Waals surface area (Å²) in [5.41, 5.74) is -0.326. The number of anilines is 2. The summed E-state index contributed by atoms with van der Waals surface area (Å²) in [6, 6.07) is 8.82. The second kappa shape index (κ2) is 14.5. The molecule has 2 saturated heterocycles. The minimum absolute atomic E-state index is 0.0136. The molecule has 2 aliphatic heterocycles. The lowest BCUT2D eigenvalue weighted by molar-refractivity contribution is -0.0846. The van der Waals surface area contributed by atoms with Crippen LogP contribution in [0.1, 0.15) is 44.9 Å². The van der Waals surface area contributed by atoms with E-state index < -0.39 is 11.2 Å². The van der Waals surface area contributed by atoms with Gasteiger partial charge in [0.2, 0.25) is 0 Å². The maximum Gasteiger partial charge on any atom is 0.285 e. The van der Waals surface area contributed by atoms with Crippen LogP contribution in [0.3, 0.4) is 0 Å². The van der Waals surface area contributed by atoms with Gasteiger partial charge < -0.3 is 24.4 Å². The van der Waals surface area contributed by atoms with Gasteiger partial charge in [-0.05, 0) is 49.9 Å². The molecule has 1 saturated carbocycles. The van der Waals surface area contributed by atoms with Gasteiger partial charge in [-0.2, -0.15) is 5.10 Å². The number of ether oxygens (including phenoxy) is 3. The van der Waals surface area contributed by atoms with E-state index >= 15 is 0 Å². The van der Waals surface area contributed by atoms with Crippen LogP contribution in [0.15, 0.2) is 35.3 Å². The Morgan fingerprint density at radius 3 is 2.55 bits per heavy atom. The highest BCUT2D eigenvalue weighted by atomic mass is 35.5. The molecule has 0 radical (unpaired) electrons. The molecule has 1 aromatic carbocycles. The summed E-state index contributed by atoms with van der Waals surface area (Å²) in [5, 5.41) is 9.36. The monoisotopic (exact) mass is 570 g/mol. The van der Waals surface area contributed by atoms with Crippen LogP contribution in [0.25, 0.3) is 0 Å². The van der Waals surface area contributed by atoms with Crippen molar-refractivity contribution in [2.24, 2.45) is 0 Å². The number of benzene rings is 1. The predicted octanol–water partition coefficient (Wildman–Crippen LogP) is 5.25. The van der Waals surface area contributed by atoms with Crippen LogP contribution in [-0.2, 0) is 14.2 Å². The number of rotatable bonds is 7. The van der Waals surface area contributed by atoms with Gasteiger partial charge in [0.25, 0.3) is 5.56 Å². The molecule has 2 atom stereocenters. The van der Waals surface area contributed by atoms with Gasteiger partial charge in [0, 0.05) is 29.9 Å². The normalized spacial score (nSPS) is 24.2. The highest BCUT2D eigenvalue weighted by Gasteiger charge is 2.32. The van der Waals surface area contributed by atoms with Crippen LogP contribution in [0, 0.1) is 0 Å². The molecule has 5 rings (SSSR count). The molecule has 2 N–H and O–H groups in total. The summed E-state index contributed by atoms with van der Waals surface area (Å²) in [6.45, 7) is 3.76. The Bertz CT molecular complexity index is 1040. The van der Waals surface area contributed by atoms with Gasteiger partial charge in [-0.3, -0.25) is 4.79 Å². The maximum absolute atomic E-state index is 14.2. The van der Waals surface area contributed by atoms with Gasteiger partial charge in [0.05, 0.1) is 51.0 Å². The van der Waals surface area contributed by atoms with Crippen LogP contribution < -0.4 is 15.8 Å². The second-order valence-electron chi connectivity index (χ2n) is 10.1. The van der Waals surface area contributed by atoms with Crippen molar-refractivity contribution in [3.05, 3.63) is 50.9 Å². The zero-order valence-electron chi connectivity index (χ0n) is 21.6. The van der Waals surface area contributed by atoms with E-state index in [0.29, 0.717) is 44.4 Å². The Labute approximate surface area is 233 Å². The summed E-state index contributed by atoms with van der Waals surface area (Å²) in [5.74, 6) is 0. The van der Waals surface area contributed by atoms with Crippen molar-refractivity contribution in [1.82, 2.24) is 10.2 Å². The molecule has 0 amide bonds. The highest BCUT2D eigenvalue weighted by molar-refractivity contribution is 6.32. The largest absolute Gasteiger partial charge is 0.379 e. The van der Waals surface area contributed by atoms with Crippen molar-refractivity contribution in [2.45, 2.75) is 62.8 Å². The Morgan fingerprint density at radius 1 is 1.08 bits per heavy atom. The first kappa shape index (κ1) is 29.1. The Kier molecular flexibility index (Phi) is 11.1. The van der Waals surface area contributed by atoms with E-state index in [0.717, 1.165) is 18.2 Å². The van der Waals surface area contributed by atoms with Gasteiger partial charge in [-0.25, -0.2) is 9.49 Å². The van der Waals surface area contributed by atoms with Crippen LogP contribution in [0.2, 0.25) is 10.0 Å². The van der Waals surface area contributed by atoms with Crippen LogP contribution in [0.5, 0.6) is 0 Å². The number of alkyl halides is 1. The SMILES string of the molecule is Clc1ccc(N(CC2COCCO2)C2CCCCC2)cc1.O=c1[nH]ncc(NCC2(F)CCCOC2)c1Cl. The zero-order chi connectivity index (χ0) is 26.8. The van der Waals surface area contributed by atoms with E-state index in [1.807, 2.05) is 12.1 Å². The molecule has 3 aliphatic rings. The molecule has 3 heterocycles. The summed E-state index contributed by atoms with van der Waals surface area (Å²) in [7, 11) is 0. The fraction of sp³-hybridized carbons (Fsp3) is 0.630. The van der Waals surface area contributed by atoms with Crippen molar-refractivity contribution in [1.29, 1.82) is 0 Å². The van der Waals surface area contributed by atoms with E-state index in [1.54, 1.807) is 0 Å². The molecule has 8 nitrogen and oxygen atoms in total. The Hall–Kier alpha value is -1.91. The van der Waals surface area contributed by atoms with Crippen molar-refractivity contribution < 1.29 is 18.6 Å². The summed E-state index contributed by atoms with van der Waals surface area (Å²) in [6.07, 6.45) is 9.25. The van der Waals surface area contributed by atoms with Crippen molar-refractivity contribution >= 4 is 34.6 Å². The molecule has 0 spiro atoms. The lowest BCUT2D eigenvalue weighted by Gasteiger charge is -2.39. The molecule has 2 aromatic rings. The molecule has 3 fully saturated rings. The summed E-state index contributed by atoms with van der Waals surface area (Å²) in [4.78, 5) is 13.7. The van der Waals surface area contributed by atoms with Gasteiger partial charge in [0.1, 0.15) is 5.02 Å². The molecular formula is C27H37Cl2FN4O4. The lowest BCUT2D eigenvalue weighted by atomic mass is 9.93. The van der Waals surface area contributed by atoms with E-state index in [9.17, 15) is 9.18 Å². The average molecular weight is 572 g/mol. The van der Waals surface area contributed by atoms with E-state index in [4.69, 9.17) is 37.4 Å². The summed E-state index contributed by atoms with van der Waals surface area (Å²) >= 11 is 11.8. The smallest absolute Gasteiger partial charge is 0.285 e. The number of nitrogens with one attached hydrogen (secondary N) is 2. The number of aromatic nitrogens is 2. The standard InChI is InChI=1S/C17H24ClNO2.C10H13ClFN3O2/c18-14-6-8-16(9-7-14)19(15-4-2-1-3-5-15)12-17-13-20-10-11-21-17;11-8-7(4-14-15-9(8)16)13-5-10(12)2-1-3-17-6-10/h6-9,15,17H,1-5,10-13H2;4H,1-3,5-6H2,(H2,13,15,16). The van der Waals surface area contributed by atoms with Crippen molar-refractivity contribution in [2.75, 3.05) is 56.3 Å². The van der Waals surface area contributed by atoms with Gasteiger partial charge >= 0.3 is 0 Å². The first-order chi connectivity index (χ1) is 18.4. The van der Waals surface area contributed by atoms with Gasteiger partial charge in [-0.1, -0.05) is 42.5 Å². The first-order valence-electron chi connectivity index (χ1n) is 13.4. The van der Waals surface area contributed by atoms with E-state index in [-0.39, 0.29) is 24.3 Å². The third-order valence-corrected chi connectivity index (χ3v) is 7.75. The predicted molar refractivity (Wildman–Crippen MR) is 148 cm³/mol. The van der Waals surface area contributed by atoms with Crippen LogP contribution >= 0.6 is 23.2 Å². The maximum atomic E-state index is 14.2. The molecule has 0 bridgehead atoms. The molecule has 2 unspecified atom stereocenters. The first-order valence-corrected chi connectivity index (χ1v) is 14.1. The van der Waals surface area contributed by atoms with E-state index in [2.05, 4.69) is 32.5 Å². The lowest BCUT2D eigenvalue weighted by Crippen LogP contribution is -2.45. The molecule has 38 heavy (non-hydrogen) atoms. The van der Waals surface area contributed by atoms with Crippen LogP contribution in [-0.4, -0.2) is 74.1 Å². The third kappa shape index (κ3) is 8.55. The third-order valence-electron chi connectivity index (χ3n) is 7.12. The molecule has 1 aromatic heterocycles. The topological polar surface area (TPSA) is 88.7 Å². The minimum atomic E-state index is -1.41. The number of hydrogen-bond donors (Lipinski definition) is 2. The van der Waals surface area contributed by atoms with E-state index in [1.165, 1.54) is 44.0 Å². The minimum Gasteiger partial charge on any atom is -0.379 e. The fourth-order valence-electron chi connectivity index (χ4n) is 5.07. The molecule has 210 valence electrons. The zero-order valence-corrected chi connectivity index (χ0v) is 23.1. The van der Waals surface area contributed by atoms with Gasteiger partial charge in [-0.15, -0.1) is 0 Å². The number of halogens is 3. The van der Waals surface area contributed by atoms with Crippen molar-refractivity contribution in [3.8, 4) is 0 Å². The number of hydrogen-bond acceptors (Lipinski definition) is 7. The summed E-state index contributed by atoms with van der Waals surface area (Å²) < 4.78 is 30.7. The molecular weight excluding hydrogens is 534 g/mol. The van der Waals surface area contributed by atoms with Crippen molar-refractivity contribution in [3.63, 3.8) is 0 Å². The highest BCUT2D eigenvalue weighted by Crippen LogP contribution is 2.29. The Morgan fingerprint density at radius 2 is 1.87 bits per heavy atom. The van der Waals surface area contributed by atoms with Gasteiger partial charge in [0.15, 0.2) is 5.67 Å². The van der Waals surface area contributed by atoms with Crippen LogP contribution in [0.4, 0.5) is 15.8 Å². The number of aromatic amines is 1. The second-order valence-corrected chi connectivity index (χ2v) is 10.9. The molecule has 11 heteroatoms. The number of nitrogens with zero attached hydrogens (tertiary/aromatic N) is 2. The number of H-pyrrole nitrogens is 1.